The lowest BCUT2D eigenvalue weighted by molar-refractivity contribution is 0.610. The molecule has 102 valence electrons. The van der Waals surface area contributed by atoms with Crippen LogP contribution in [0.15, 0.2) is 41.6 Å². The van der Waals surface area contributed by atoms with Gasteiger partial charge in [-0.1, -0.05) is 12.1 Å². The molecule has 0 spiro atoms. The second-order valence-electron chi connectivity index (χ2n) is 4.38. The summed E-state index contributed by atoms with van der Waals surface area (Å²) in [6.45, 7) is 1.93. The second-order valence-corrected chi connectivity index (χ2v) is 6.91. The van der Waals surface area contributed by atoms with Gasteiger partial charge in [0.15, 0.2) is 0 Å². The molecule has 0 atom stereocenters. The molecule has 1 aromatic carbocycles. The zero-order chi connectivity index (χ0) is 14.3. The van der Waals surface area contributed by atoms with E-state index in [1.54, 1.807) is 18.3 Å². The molecule has 0 radical (unpaired) electrons. The van der Waals surface area contributed by atoms with Gasteiger partial charge >= 0.3 is 0 Å². The van der Waals surface area contributed by atoms with E-state index in [0.717, 1.165) is 11.1 Å². The maximum absolute atomic E-state index is 11.6. The first-order chi connectivity index (χ1) is 9.48. The van der Waals surface area contributed by atoms with Crippen LogP contribution in [0.25, 0.3) is 22.2 Å². The van der Waals surface area contributed by atoms with Crippen LogP contribution in [0.5, 0.6) is 0 Å². The van der Waals surface area contributed by atoms with Gasteiger partial charge < -0.3 is 4.98 Å². The number of aromatic nitrogens is 3. The molecule has 2 heterocycles. The molecule has 1 N–H and O–H groups in total. The molecule has 0 saturated carbocycles. The summed E-state index contributed by atoms with van der Waals surface area (Å²) in [7, 11) is 1.65. The SMILES string of the molecule is Cc1ccc2c(S(=O)(=O)Cl)c[nH]c2c1-c1cccnn1. The third-order valence-corrected chi connectivity index (χ3v) is 4.48. The average Bonchev–Trinajstić information content (AvgIpc) is 2.83. The minimum atomic E-state index is -3.79. The van der Waals surface area contributed by atoms with Crippen molar-refractivity contribution in [3.8, 4) is 11.3 Å². The normalized spacial score (nSPS) is 11.9. The Balaban J connectivity index is 2.39. The molecular weight excluding hydrogens is 298 g/mol. The van der Waals surface area contributed by atoms with Gasteiger partial charge in [0.2, 0.25) is 0 Å². The number of nitrogens with one attached hydrogen (secondary N) is 1. The van der Waals surface area contributed by atoms with Crippen molar-refractivity contribution in [2.45, 2.75) is 11.8 Å². The van der Waals surface area contributed by atoms with E-state index < -0.39 is 9.05 Å². The second kappa shape index (κ2) is 4.57. The van der Waals surface area contributed by atoms with E-state index in [1.165, 1.54) is 6.20 Å². The molecule has 0 fully saturated rings. The fraction of sp³-hybridized carbons (Fsp3) is 0.0769. The van der Waals surface area contributed by atoms with Crippen molar-refractivity contribution >= 4 is 30.6 Å². The number of halogens is 1. The van der Waals surface area contributed by atoms with E-state index in [4.69, 9.17) is 10.7 Å². The highest BCUT2D eigenvalue weighted by Crippen LogP contribution is 2.34. The van der Waals surface area contributed by atoms with Crippen LogP contribution in [0.2, 0.25) is 0 Å². The van der Waals surface area contributed by atoms with Crippen LogP contribution in [0.4, 0.5) is 0 Å². The summed E-state index contributed by atoms with van der Waals surface area (Å²) in [5.41, 5.74) is 3.15. The maximum Gasteiger partial charge on any atom is 0.263 e. The fourth-order valence-corrected chi connectivity index (χ4v) is 3.26. The zero-order valence-corrected chi connectivity index (χ0v) is 12.0. The van der Waals surface area contributed by atoms with Crippen molar-refractivity contribution in [1.29, 1.82) is 0 Å². The Morgan fingerprint density at radius 3 is 2.70 bits per heavy atom. The molecule has 0 aliphatic rings. The highest BCUT2D eigenvalue weighted by atomic mass is 35.7. The summed E-state index contributed by atoms with van der Waals surface area (Å²) in [5, 5.41) is 8.48. The predicted octanol–water partition coefficient (Wildman–Crippen LogP) is 2.86. The van der Waals surface area contributed by atoms with Crippen molar-refractivity contribution in [2.75, 3.05) is 0 Å². The van der Waals surface area contributed by atoms with E-state index in [0.29, 0.717) is 16.6 Å². The number of H-pyrrole nitrogens is 1. The molecule has 20 heavy (non-hydrogen) atoms. The zero-order valence-electron chi connectivity index (χ0n) is 10.5. The average molecular weight is 308 g/mol. The molecule has 7 heteroatoms. The lowest BCUT2D eigenvalue weighted by Crippen LogP contribution is -1.92. The Kier molecular flexibility index (Phi) is 2.99. The fourth-order valence-electron chi connectivity index (χ4n) is 2.24. The third-order valence-electron chi connectivity index (χ3n) is 3.12. The largest absolute Gasteiger partial charge is 0.359 e. The lowest BCUT2D eigenvalue weighted by Gasteiger charge is -2.06. The molecule has 3 aromatic rings. The summed E-state index contributed by atoms with van der Waals surface area (Å²) in [4.78, 5) is 3.04. The van der Waals surface area contributed by atoms with Gasteiger partial charge in [-0.05, 0) is 24.6 Å². The summed E-state index contributed by atoms with van der Waals surface area (Å²) in [5.74, 6) is 0. The number of benzene rings is 1. The van der Waals surface area contributed by atoms with E-state index in [1.807, 2.05) is 19.1 Å². The number of hydrogen-bond donors (Lipinski definition) is 1. The Morgan fingerprint density at radius 2 is 2.05 bits per heavy atom. The first-order valence-corrected chi connectivity index (χ1v) is 8.13. The Labute approximate surface area is 120 Å². The van der Waals surface area contributed by atoms with Crippen molar-refractivity contribution in [2.24, 2.45) is 0 Å². The summed E-state index contributed by atoms with van der Waals surface area (Å²) in [6.07, 6.45) is 2.98. The summed E-state index contributed by atoms with van der Waals surface area (Å²) in [6, 6.07) is 7.18. The van der Waals surface area contributed by atoms with Gasteiger partial charge in [0.05, 0.1) is 11.2 Å². The molecule has 5 nitrogen and oxygen atoms in total. The molecule has 0 saturated heterocycles. The van der Waals surface area contributed by atoms with E-state index in [2.05, 4.69) is 15.2 Å². The van der Waals surface area contributed by atoms with Crippen LogP contribution >= 0.6 is 10.7 Å². The van der Waals surface area contributed by atoms with Gasteiger partial charge in [-0.25, -0.2) is 8.42 Å². The van der Waals surface area contributed by atoms with Gasteiger partial charge in [0.25, 0.3) is 9.05 Å². The monoisotopic (exact) mass is 307 g/mol. The molecule has 0 bridgehead atoms. The number of aryl methyl sites for hydroxylation is 1. The minimum Gasteiger partial charge on any atom is -0.359 e. The van der Waals surface area contributed by atoms with E-state index >= 15 is 0 Å². The van der Waals surface area contributed by atoms with Crippen LogP contribution in [-0.4, -0.2) is 23.6 Å². The molecule has 0 aliphatic heterocycles. The Hall–Kier alpha value is -1.92. The number of aromatic amines is 1. The first kappa shape index (κ1) is 13.1. The van der Waals surface area contributed by atoms with Gasteiger partial charge in [-0.15, -0.1) is 0 Å². The minimum absolute atomic E-state index is 0.0688. The van der Waals surface area contributed by atoms with Crippen molar-refractivity contribution in [3.63, 3.8) is 0 Å². The molecule has 0 unspecified atom stereocenters. The first-order valence-electron chi connectivity index (χ1n) is 5.82. The van der Waals surface area contributed by atoms with Gasteiger partial charge in [0, 0.05) is 34.0 Å². The highest BCUT2D eigenvalue weighted by Gasteiger charge is 2.19. The number of hydrogen-bond acceptors (Lipinski definition) is 4. The third kappa shape index (κ3) is 2.07. The summed E-state index contributed by atoms with van der Waals surface area (Å²) >= 11 is 0. The molecule has 3 rings (SSSR count). The van der Waals surface area contributed by atoms with Crippen molar-refractivity contribution in [1.82, 2.24) is 15.2 Å². The number of fused-ring (bicyclic) bond motifs is 1. The molecular formula is C13H10ClN3O2S. The molecule has 0 aliphatic carbocycles. The quantitative estimate of drug-likeness (QED) is 0.739. The Bertz CT molecular complexity index is 889. The number of rotatable bonds is 2. The van der Waals surface area contributed by atoms with Gasteiger partial charge in [-0.3, -0.25) is 0 Å². The van der Waals surface area contributed by atoms with Crippen LogP contribution in [0.1, 0.15) is 5.56 Å². The maximum atomic E-state index is 11.6. The molecule has 0 amide bonds. The van der Waals surface area contributed by atoms with Crippen LogP contribution in [0.3, 0.4) is 0 Å². The highest BCUT2D eigenvalue weighted by molar-refractivity contribution is 8.14. The number of nitrogens with zero attached hydrogens (tertiary/aromatic N) is 2. The predicted molar refractivity (Wildman–Crippen MR) is 77.1 cm³/mol. The van der Waals surface area contributed by atoms with E-state index in [9.17, 15) is 8.42 Å². The van der Waals surface area contributed by atoms with Crippen molar-refractivity contribution in [3.05, 3.63) is 42.2 Å². The van der Waals surface area contributed by atoms with Crippen LogP contribution in [-0.2, 0) is 9.05 Å². The topological polar surface area (TPSA) is 75.7 Å². The molecule has 2 aromatic heterocycles. The van der Waals surface area contributed by atoms with Crippen LogP contribution in [0, 0.1) is 6.92 Å². The summed E-state index contributed by atoms with van der Waals surface area (Å²) < 4.78 is 23.1. The van der Waals surface area contributed by atoms with Crippen LogP contribution < -0.4 is 0 Å². The standard InChI is InChI=1S/C13H10ClN3O2S/c1-8-4-5-9-11(20(14,18)19)7-15-13(9)12(8)10-3-2-6-16-17-10/h2-7,15H,1H3. The van der Waals surface area contributed by atoms with Gasteiger partial charge in [-0.2, -0.15) is 10.2 Å². The Morgan fingerprint density at radius 1 is 1.25 bits per heavy atom. The smallest absolute Gasteiger partial charge is 0.263 e. The van der Waals surface area contributed by atoms with Crippen molar-refractivity contribution < 1.29 is 8.42 Å². The van der Waals surface area contributed by atoms with E-state index in [-0.39, 0.29) is 4.90 Å². The van der Waals surface area contributed by atoms with Gasteiger partial charge in [0.1, 0.15) is 4.90 Å². The lowest BCUT2D eigenvalue weighted by atomic mass is 10.0.